The van der Waals surface area contributed by atoms with E-state index in [1.807, 2.05) is 0 Å². The van der Waals surface area contributed by atoms with Crippen LogP contribution in [0.25, 0.3) is 0 Å². The minimum atomic E-state index is -0.747. The van der Waals surface area contributed by atoms with Crippen LogP contribution in [0.2, 0.25) is 10.0 Å². The Bertz CT molecular complexity index is 574. The summed E-state index contributed by atoms with van der Waals surface area (Å²) in [6.45, 7) is 1.59. The molecule has 6 nitrogen and oxygen atoms in total. The van der Waals surface area contributed by atoms with Gasteiger partial charge < -0.3 is 4.74 Å². The van der Waals surface area contributed by atoms with Gasteiger partial charge in [0.2, 0.25) is 5.95 Å². The van der Waals surface area contributed by atoms with Crippen molar-refractivity contribution in [2.24, 2.45) is 0 Å². The molecule has 1 aromatic heterocycles. The van der Waals surface area contributed by atoms with Gasteiger partial charge in [-0.3, -0.25) is 10.1 Å². The number of rotatable bonds is 4. The molecule has 1 heterocycles. The monoisotopic (exact) mass is 300 g/mol. The molecule has 0 saturated carbocycles. The first-order valence-electron chi connectivity index (χ1n) is 5.34. The Morgan fingerprint density at radius 2 is 2.26 bits per heavy atom. The summed E-state index contributed by atoms with van der Waals surface area (Å²) in [5.41, 5.74) is 0. The Morgan fingerprint density at radius 3 is 2.89 bits per heavy atom. The molecule has 0 saturated heterocycles. The zero-order valence-electron chi connectivity index (χ0n) is 9.85. The molecule has 0 unspecified atom stereocenters. The largest absolute Gasteiger partial charge is 0.479 e. The molecule has 1 amide bonds. The van der Waals surface area contributed by atoms with E-state index in [1.54, 1.807) is 25.1 Å². The molecule has 0 fully saturated rings. The van der Waals surface area contributed by atoms with Crippen LogP contribution in [0.3, 0.4) is 0 Å². The van der Waals surface area contributed by atoms with Crippen molar-refractivity contribution in [3.05, 3.63) is 34.6 Å². The second kappa shape index (κ2) is 5.90. The number of carbonyl (C=O) groups is 1. The molecule has 100 valence electrons. The molecule has 0 aliphatic heterocycles. The number of aromatic nitrogens is 3. The topological polar surface area (TPSA) is 79.9 Å². The Hall–Kier alpha value is -1.79. The number of hydrogen-bond acceptors (Lipinski definition) is 4. The van der Waals surface area contributed by atoms with Gasteiger partial charge in [-0.1, -0.05) is 23.2 Å². The highest BCUT2D eigenvalue weighted by molar-refractivity contribution is 6.35. The van der Waals surface area contributed by atoms with Crippen LogP contribution >= 0.6 is 23.2 Å². The molecule has 0 aliphatic rings. The van der Waals surface area contributed by atoms with Gasteiger partial charge in [0.1, 0.15) is 12.1 Å². The Labute approximate surface area is 119 Å². The second-order valence-corrected chi connectivity index (χ2v) is 4.50. The molecule has 0 spiro atoms. The molecule has 1 aromatic carbocycles. The number of benzene rings is 1. The molecule has 1 atom stereocenters. The van der Waals surface area contributed by atoms with Gasteiger partial charge in [0.15, 0.2) is 6.10 Å². The summed E-state index contributed by atoms with van der Waals surface area (Å²) in [5.74, 6) is 0.261. The molecule has 2 aromatic rings. The number of nitrogens with zero attached hydrogens (tertiary/aromatic N) is 2. The number of carbonyl (C=O) groups excluding carboxylic acids is 1. The average molecular weight is 301 g/mol. The number of aromatic amines is 1. The normalized spacial score (nSPS) is 11.9. The molecule has 8 heteroatoms. The fourth-order valence-electron chi connectivity index (χ4n) is 1.30. The van der Waals surface area contributed by atoms with E-state index >= 15 is 0 Å². The molecule has 2 rings (SSSR count). The summed E-state index contributed by atoms with van der Waals surface area (Å²) in [6.07, 6.45) is 0.542. The molecular formula is C11H10Cl2N4O2. The summed E-state index contributed by atoms with van der Waals surface area (Å²) < 4.78 is 5.45. The maximum Gasteiger partial charge on any atom is 0.267 e. The highest BCUT2D eigenvalue weighted by Crippen LogP contribution is 2.28. The Balaban J connectivity index is 2.00. The van der Waals surface area contributed by atoms with Crippen LogP contribution < -0.4 is 10.1 Å². The van der Waals surface area contributed by atoms with E-state index in [-0.39, 0.29) is 11.9 Å². The van der Waals surface area contributed by atoms with Crippen LogP contribution in [-0.4, -0.2) is 27.2 Å². The Kier molecular flexibility index (Phi) is 4.24. The Morgan fingerprint density at radius 1 is 1.47 bits per heavy atom. The van der Waals surface area contributed by atoms with Crippen LogP contribution in [0.5, 0.6) is 5.75 Å². The van der Waals surface area contributed by atoms with Crippen molar-refractivity contribution in [1.29, 1.82) is 0 Å². The van der Waals surface area contributed by atoms with E-state index in [2.05, 4.69) is 20.5 Å². The van der Waals surface area contributed by atoms with Crippen molar-refractivity contribution in [2.75, 3.05) is 5.32 Å². The number of ether oxygens (including phenoxy) is 1. The SMILES string of the molecule is C[C@H](Oc1ccc(Cl)cc1Cl)C(=O)Nc1ncn[nH]1. The molecule has 0 bridgehead atoms. The summed E-state index contributed by atoms with van der Waals surface area (Å²) in [4.78, 5) is 15.6. The van der Waals surface area contributed by atoms with Gasteiger partial charge in [0.25, 0.3) is 5.91 Å². The third-order valence-corrected chi connectivity index (χ3v) is 2.75. The number of H-pyrrole nitrogens is 1. The van der Waals surface area contributed by atoms with Crippen LogP contribution in [0, 0.1) is 0 Å². The van der Waals surface area contributed by atoms with Gasteiger partial charge in [-0.05, 0) is 25.1 Å². The number of hydrogen-bond donors (Lipinski definition) is 2. The number of nitrogens with one attached hydrogen (secondary N) is 2. The van der Waals surface area contributed by atoms with Gasteiger partial charge in [-0.2, -0.15) is 10.1 Å². The third kappa shape index (κ3) is 3.59. The molecule has 0 radical (unpaired) electrons. The fourth-order valence-corrected chi connectivity index (χ4v) is 1.75. The van der Waals surface area contributed by atoms with Crippen molar-refractivity contribution in [3.63, 3.8) is 0 Å². The lowest BCUT2D eigenvalue weighted by Crippen LogP contribution is -2.30. The molecule has 0 aliphatic carbocycles. The standard InChI is InChI=1S/C11H10Cl2N4O2/c1-6(10(18)16-11-14-5-15-17-11)19-9-3-2-7(12)4-8(9)13/h2-6H,1H3,(H2,14,15,16,17,18)/t6-/m0/s1. The first kappa shape index (κ1) is 13.6. The highest BCUT2D eigenvalue weighted by Gasteiger charge is 2.17. The first-order valence-corrected chi connectivity index (χ1v) is 6.10. The predicted molar refractivity (Wildman–Crippen MR) is 71.6 cm³/mol. The number of anilines is 1. The molecule has 2 N–H and O–H groups in total. The third-order valence-electron chi connectivity index (χ3n) is 2.22. The lowest BCUT2D eigenvalue weighted by molar-refractivity contribution is -0.122. The smallest absolute Gasteiger partial charge is 0.267 e. The first-order chi connectivity index (χ1) is 9.06. The van der Waals surface area contributed by atoms with Gasteiger partial charge in [0, 0.05) is 5.02 Å². The van der Waals surface area contributed by atoms with E-state index in [0.29, 0.717) is 15.8 Å². The van der Waals surface area contributed by atoms with Gasteiger partial charge in [-0.25, -0.2) is 5.10 Å². The van der Waals surface area contributed by atoms with Crippen molar-refractivity contribution in [3.8, 4) is 5.75 Å². The second-order valence-electron chi connectivity index (χ2n) is 3.66. The van der Waals surface area contributed by atoms with Gasteiger partial charge in [0.05, 0.1) is 5.02 Å². The summed E-state index contributed by atoms with van der Waals surface area (Å²) in [6, 6.07) is 4.77. The van der Waals surface area contributed by atoms with Crippen LogP contribution in [0.15, 0.2) is 24.5 Å². The van der Waals surface area contributed by atoms with Crippen molar-refractivity contribution in [2.45, 2.75) is 13.0 Å². The van der Waals surface area contributed by atoms with E-state index in [1.165, 1.54) is 6.33 Å². The number of amides is 1. The van der Waals surface area contributed by atoms with Crippen LogP contribution in [0.1, 0.15) is 6.92 Å². The summed E-state index contributed by atoms with van der Waals surface area (Å²) >= 11 is 11.7. The van der Waals surface area contributed by atoms with Gasteiger partial charge >= 0.3 is 0 Å². The summed E-state index contributed by atoms with van der Waals surface area (Å²) in [7, 11) is 0. The minimum absolute atomic E-state index is 0.252. The van der Waals surface area contributed by atoms with E-state index in [0.717, 1.165) is 0 Å². The maximum absolute atomic E-state index is 11.8. The van der Waals surface area contributed by atoms with E-state index in [4.69, 9.17) is 27.9 Å². The van der Waals surface area contributed by atoms with Crippen LogP contribution in [0.4, 0.5) is 5.95 Å². The van der Waals surface area contributed by atoms with Crippen molar-refractivity contribution < 1.29 is 9.53 Å². The highest BCUT2D eigenvalue weighted by atomic mass is 35.5. The quantitative estimate of drug-likeness (QED) is 0.909. The molecule has 19 heavy (non-hydrogen) atoms. The summed E-state index contributed by atoms with van der Waals surface area (Å²) in [5, 5.41) is 9.48. The molecular weight excluding hydrogens is 291 g/mol. The average Bonchev–Trinajstić information content (AvgIpc) is 2.85. The zero-order valence-corrected chi connectivity index (χ0v) is 11.4. The van der Waals surface area contributed by atoms with Crippen LogP contribution in [-0.2, 0) is 4.79 Å². The van der Waals surface area contributed by atoms with Gasteiger partial charge in [-0.15, -0.1) is 0 Å². The van der Waals surface area contributed by atoms with Crippen molar-refractivity contribution in [1.82, 2.24) is 15.2 Å². The number of halogens is 2. The lowest BCUT2D eigenvalue weighted by Gasteiger charge is -2.14. The zero-order chi connectivity index (χ0) is 13.8. The minimum Gasteiger partial charge on any atom is -0.479 e. The van der Waals surface area contributed by atoms with E-state index < -0.39 is 6.10 Å². The fraction of sp³-hybridized carbons (Fsp3) is 0.182. The maximum atomic E-state index is 11.8. The lowest BCUT2D eigenvalue weighted by atomic mass is 10.3. The van der Waals surface area contributed by atoms with E-state index in [9.17, 15) is 4.79 Å². The van der Waals surface area contributed by atoms with Crippen molar-refractivity contribution >= 4 is 35.1 Å². The predicted octanol–water partition coefficient (Wildman–Crippen LogP) is 2.52.